The number of carbonyl (C=O) groups excluding carboxylic acids is 1. The molecule has 0 spiro atoms. The highest BCUT2D eigenvalue weighted by atomic mass is 16.5. The van der Waals surface area contributed by atoms with Crippen molar-refractivity contribution in [3.63, 3.8) is 0 Å². The maximum absolute atomic E-state index is 12.6. The maximum atomic E-state index is 12.6. The maximum Gasteiger partial charge on any atom is 0.274 e. The number of benzene rings is 1. The van der Waals surface area contributed by atoms with Crippen LogP contribution in [0.5, 0.6) is 11.5 Å². The van der Waals surface area contributed by atoms with Crippen LogP contribution in [0.2, 0.25) is 0 Å². The molecule has 0 aliphatic rings. The third kappa shape index (κ3) is 4.84. The number of rotatable bonds is 8. The zero-order valence-electron chi connectivity index (χ0n) is 16.0. The van der Waals surface area contributed by atoms with E-state index in [1.807, 2.05) is 11.9 Å². The minimum atomic E-state index is -0.298. The van der Waals surface area contributed by atoms with Gasteiger partial charge >= 0.3 is 0 Å². The number of methoxy groups -OCH3 is 2. The Bertz CT molecular complexity index is 764. The van der Waals surface area contributed by atoms with Crippen LogP contribution in [-0.2, 0) is 0 Å². The molecule has 0 fully saturated rings. The third-order valence-electron chi connectivity index (χ3n) is 3.94. The summed E-state index contributed by atoms with van der Waals surface area (Å²) in [5.41, 5.74) is 0.926. The summed E-state index contributed by atoms with van der Waals surface area (Å²) in [5, 5.41) is 2.84. The minimum Gasteiger partial charge on any atom is -0.493 e. The summed E-state index contributed by atoms with van der Waals surface area (Å²) in [6, 6.07) is 6.91. The lowest BCUT2D eigenvalue weighted by Gasteiger charge is -2.18. The number of hydrogen-bond acceptors (Lipinski definition) is 6. The summed E-state index contributed by atoms with van der Waals surface area (Å²) in [6.07, 6.45) is 2.16. The molecule has 0 aliphatic heterocycles. The molecule has 0 aliphatic carbocycles. The molecule has 140 valence electrons. The van der Waals surface area contributed by atoms with Crippen molar-refractivity contribution in [3.8, 4) is 11.5 Å². The molecule has 0 saturated carbocycles. The van der Waals surface area contributed by atoms with Gasteiger partial charge in [0.05, 0.1) is 14.2 Å². The lowest BCUT2D eigenvalue weighted by atomic mass is 10.2. The largest absolute Gasteiger partial charge is 0.493 e. The lowest BCUT2D eigenvalue weighted by Crippen LogP contribution is -2.22. The van der Waals surface area contributed by atoms with Crippen molar-refractivity contribution in [1.29, 1.82) is 0 Å². The van der Waals surface area contributed by atoms with E-state index in [0.29, 0.717) is 28.7 Å². The van der Waals surface area contributed by atoms with Gasteiger partial charge in [-0.25, -0.2) is 9.97 Å². The molecule has 26 heavy (non-hydrogen) atoms. The van der Waals surface area contributed by atoms with E-state index >= 15 is 0 Å². The molecule has 0 radical (unpaired) electrons. The van der Waals surface area contributed by atoms with Crippen LogP contribution < -0.4 is 19.7 Å². The van der Waals surface area contributed by atoms with E-state index in [-0.39, 0.29) is 5.91 Å². The van der Waals surface area contributed by atoms with Crippen molar-refractivity contribution in [2.24, 2.45) is 0 Å². The number of nitrogens with one attached hydrogen (secondary N) is 1. The molecule has 1 aromatic heterocycles. The Kier molecular flexibility index (Phi) is 6.77. The lowest BCUT2D eigenvalue weighted by molar-refractivity contribution is 0.102. The molecule has 1 N–H and O–H groups in total. The summed E-state index contributed by atoms with van der Waals surface area (Å²) < 4.78 is 10.5. The van der Waals surface area contributed by atoms with Gasteiger partial charge < -0.3 is 19.7 Å². The normalized spacial score (nSPS) is 10.3. The first-order chi connectivity index (χ1) is 12.5. The van der Waals surface area contributed by atoms with Crippen LogP contribution in [0.4, 0.5) is 11.5 Å². The van der Waals surface area contributed by atoms with Crippen molar-refractivity contribution < 1.29 is 14.3 Å². The summed E-state index contributed by atoms with van der Waals surface area (Å²) in [4.78, 5) is 23.3. The van der Waals surface area contributed by atoms with Crippen LogP contribution in [0.3, 0.4) is 0 Å². The monoisotopic (exact) mass is 358 g/mol. The Morgan fingerprint density at radius 3 is 2.54 bits per heavy atom. The Morgan fingerprint density at radius 2 is 1.88 bits per heavy atom. The average molecular weight is 358 g/mol. The first kappa shape index (κ1) is 19.5. The second-order valence-corrected chi connectivity index (χ2v) is 5.96. The number of amides is 1. The molecule has 0 atom stereocenters. The van der Waals surface area contributed by atoms with Crippen LogP contribution in [0.15, 0.2) is 24.3 Å². The third-order valence-corrected chi connectivity index (χ3v) is 3.94. The molecule has 0 saturated heterocycles. The molecular weight excluding hydrogens is 332 g/mol. The highest BCUT2D eigenvalue weighted by Gasteiger charge is 2.14. The van der Waals surface area contributed by atoms with E-state index in [2.05, 4.69) is 22.2 Å². The number of nitrogens with zero attached hydrogens (tertiary/aromatic N) is 3. The number of anilines is 2. The molecule has 1 aromatic carbocycles. The highest BCUT2D eigenvalue weighted by Crippen LogP contribution is 2.29. The molecule has 1 heterocycles. The van der Waals surface area contributed by atoms with Crippen LogP contribution in [0.25, 0.3) is 0 Å². The van der Waals surface area contributed by atoms with Crippen molar-refractivity contribution >= 4 is 17.4 Å². The van der Waals surface area contributed by atoms with Gasteiger partial charge in [-0.05, 0) is 25.5 Å². The number of aromatic nitrogens is 2. The van der Waals surface area contributed by atoms with E-state index in [1.165, 1.54) is 0 Å². The Labute approximate surface area is 154 Å². The van der Waals surface area contributed by atoms with Crippen molar-refractivity contribution in [1.82, 2.24) is 9.97 Å². The fourth-order valence-corrected chi connectivity index (χ4v) is 2.48. The van der Waals surface area contributed by atoms with Crippen LogP contribution in [0.1, 0.15) is 36.1 Å². The molecule has 0 unspecified atom stereocenters. The molecule has 1 amide bonds. The standard InChI is InChI=1S/C19H26N4O3/c1-6-7-10-23(3)18-12-15(20-13(2)21-18)19(24)22-14-8-9-16(25-4)17(11-14)26-5/h8-9,11-12H,6-7,10H2,1-5H3,(H,22,24). The SMILES string of the molecule is CCCCN(C)c1cc(C(=O)Nc2ccc(OC)c(OC)c2)nc(C)n1. The predicted octanol–water partition coefficient (Wildman–Crippen LogP) is 3.29. The van der Waals surface area contributed by atoms with Crippen LogP contribution in [-0.4, -0.2) is 43.7 Å². The van der Waals surface area contributed by atoms with E-state index in [1.54, 1.807) is 45.4 Å². The number of carbonyl (C=O) groups is 1. The Hall–Kier alpha value is -2.83. The molecule has 2 aromatic rings. The van der Waals surface area contributed by atoms with E-state index in [0.717, 1.165) is 25.2 Å². The van der Waals surface area contributed by atoms with E-state index in [9.17, 15) is 4.79 Å². The van der Waals surface area contributed by atoms with Gasteiger partial charge in [0.25, 0.3) is 5.91 Å². The molecule has 7 nitrogen and oxygen atoms in total. The van der Waals surface area contributed by atoms with Gasteiger partial charge in [-0.15, -0.1) is 0 Å². The number of unbranched alkanes of at least 4 members (excludes halogenated alkanes) is 1. The zero-order chi connectivity index (χ0) is 19.1. The van der Waals surface area contributed by atoms with Gasteiger partial charge in [-0.3, -0.25) is 4.79 Å². The van der Waals surface area contributed by atoms with Gasteiger partial charge in [-0.1, -0.05) is 13.3 Å². The quantitative estimate of drug-likeness (QED) is 0.780. The summed E-state index contributed by atoms with van der Waals surface area (Å²) >= 11 is 0. The smallest absolute Gasteiger partial charge is 0.274 e. The zero-order valence-corrected chi connectivity index (χ0v) is 16.0. The first-order valence-electron chi connectivity index (χ1n) is 8.58. The second-order valence-electron chi connectivity index (χ2n) is 5.96. The van der Waals surface area contributed by atoms with E-state index in [4.69, 9.17) is 9.47 Å². The summed E-state index contributed by atoms with van der Waals surface area (Å²) in [7, 11) is 5.08. The van der Waals surface area contributed by atoms with Crippen molar-refractivity contribution in [2.45, 2.75) is 26.7 Å². The second kappa shape index (κ2) is 9.03. The number of aryl methyl sites for hydroxylation is 1. The fourth-order valence-electron chi connectivity index (χ4n) is 2.48. The van der Waals surface area contributed by atoms with Gasteiger partial charge in [0.1, 0.15) is 17.3 Å². The van der Waals surface area contributed by atoms with Crippen LogP contribution in [0, 0.1) is 6.92 Å². The van der Waals surface area contributed by atoms with Gasteiger partial charge in [0, 0.05) is 31.4 Å². The number of ether oxygens (including phenoxy) is 2. The summed E-state index contributed by atoms with van der Waals surface area (Å²) in [5.74, 6) is 2.15. The number of hydrogen-bond donors (Lipinski definition) is 1. The van der Waals surface area contributed by atoms with Gasteiger partial charge in [-0.2, -0.15) is 0 Å². The minimum absolute atomic E-state index is 0.298. The van der Waals surface area contributed by atoms with Gasteiger partial charge in [0.15, 0.2) is 11.5 Å². The Balaban J connectivity index is 2.20. The van der Waals surface area contributed by atoms with Crippen molar-refractivity contribution in [3.05, 3.63) is 35.8 Å². The highest BCUT2D eigenvalue weighted by molar-refractivity contribution is 6.03. The molecule has 7 heteroatoms. The molecular formula is C19H26N4O3. The van der Waals surface area contributed by atoms with Gasteiger partial charge in [0.2, 0.25) is 0 Å². The molecule has 0 bridgehead atoms. The summed E-state index contributed by atoms with van der Waals surface area (Å²) in [6.45, 7) is 4.80. The topological polar surface area (TPSA) is 76.6 Å². The first-order valence-corrected chi connectivity index (χ1v) is 8.58. The fraction of sp³-hybridized carbons (Fsp3) is 0.421. The predicted molar refractivity (Wildman–Crippen MR) is 102 cm³/mol. The molecule has 2 rings (SSSR count). The average Bonchev–Trinajstić information content (AvgIpc) is 2.65. The van der Waals surface area contributed by atoms with Crippen LogP contribution >= 0.6 is 0 Å². The Morgan fingerprint density at radius 1 is 1.15 bits per heavy atom. The van der Waals surface area contributed by atoms with Crippen molar-refractivity contribution in [2.75, 3.05) is 38.0 Å². The van der Waals surface area contributed by atoms with E-state index < -0.39 is 0 Å².